The Morgan fingerprint density at radius 3 is 2.38 bits per heavy atom. The highest BCUT2D eigenvalue weighted by atomic mass is 16.2. The number of carbonyl (C=O) groups is 1. The van der Waals surface area contributed by atoms with Gasteiger partial charge in [-0.25, -0.2) is 9.97 Å². The topological polar surface area (TPSA) is 61.4 Å². The minimum atomic E-state index is 0.0375. The third kappa shape index (κ3) is 3.50. The van der Waals surface area contributed by atoms with E-state index >= 15 is 0 Å². The van der Waals surface area contributed by atoms with Crippen LogP contribution in [0.1, 0.15) is 36.0 Å². The zero-order valence-electron chi connectivity index (χ0n) is 12.6. The van der Waals surface area contributed by atoms with Crippen LogP contribution in [0.15, 0.2) is 12.4 Å². The van der Waals surface area contributed by atoms with Gasteiger partial charge >= 0.3 is 0 Å². The molecule has 1 aliphatic heterocycles. The van der Waals surface area contributed by atoms with Gasteiger partial charge in [-0.15, -0.1) is 0 Å². The van der Waals surface area contributed by atoms with Crippen LogP contribution >= 0.6 is 0 Å². The van der Waals surface area contributed by atoms with Crippen LogP contribution in [0.25, 0.3) is 0 Å². The lowest BCUT2D eigenvalue weighted by Crippen LogP contribution is -2.47. The van der Waals surface area contributed by atoms with Gasteiger partial charge in [-0.3, -0.25) is 4.79 Å². The molecule has 1 aliphatic carbocycles. The Kier molecular flexibility index (Phi) is 4.34. The first-order valence-electron chi connectivity index (χ1n) is 7.79. The Labute approximate surface area is 125 Å². The lowest BCUT2D eigenvalue weighted by molar-refractivity contribution is 0.0663. The lowest BCUT2D eigenvalue weighted by atomic mass is 10.2. The summed E-state index contributed by atoms with van der Waals surface area (Å²) in [7, 11) is 2.08. The van der Waals surface area contributed by atoms with Crippen molar-refractivity contribution in [2.45, 2.75) is 31.7 Å². The van der Waals surface area contributed by atoms with Crippen molar-refractivity contribution in [1.82, 2.24) is 19.8 Å². The number of likely N-dealkylation sites (N-methyl/N-ethyl adjacent to an activating group) is 1. The normalized spacial score (nSPS) is 20.7. The van der Waals surface area contributed by atoms with Crippen LogP contribution in [0.3, 0.4) is 0 Å². The molecular formula is C15H23N5O. The van der Waals surface area contributed by atoms with Crippen molar-refractivity contribution in [1.29, 1.82) is 0 Å². The third-order valence-electron chi connectivity index (χ3n) is 4.38. The Hall–Kier alpha value is -1.69. The second-order valence-electron chi connectivity index (χ2n) is 6.02. The molecule has 0 aromatic carbocycles. The molecule has 0 atom stereocenters. The molecule has 2 aliphatic rings. The Morgan fingerprint density at radius 2 is 1.76 bits per heavy atom. The highest BCUT2D eigenvalue weighted by Crippen LogP contribution is 2.20. The van der Waals surface area contributed by atoms with Crippen LogP contribution in [0.2, 0.25) is 0 Å². The Morgan fingerprint density at radius 1 is 1.14 bits per heavy atom. The minimum Gasteiger partial charge on any atom is -0.351 e. The molecule has 0 spiro atoms. The average molecular weight is 289 g/mol. The molecule has 6 heteroatoms. The maximum atomic E-state index is 12.4. The summed E-state index contributed by atoms with van der Waals surface area (Å²) in [5.41, 5.74) is 0.580. The first kappa shape index (κ1) is 14.3. The third-order valence-corrected chi connectivity index (χ3v) is 4.38. The standard InChI is InChI=1S/C15H23N5O/c1-19-6-8-20(9-7-19)14(21)12-10-16-15(17-11-12)18-13-4-2-3-5-13/h10-11,13H,2-9H2,1H3,(H,16,17,18). The number of nitrogens with zero attached hydrogens (tertiary/aromatic N) is 4. The summed E-state index contributed by atoms with van der Waals surface area (Å²) < 4.78 is 0. The first-order valence-corrected chi connectivity index (χ1v) is 7.79. The molecule has 1 saturated heterocycles. The maximum absolute atomic E-state index is 12.4. The Bertz CT molecular complexity index is 475. The van der Waals surface area contributed by atoms with Crippen LogP contribution in [0, 0.1) is 0 Å². The maximum Gasteiger partial charge on any atom is 0.257 e. The minimum absolute atomic E-state index is 0.0375. The van der Waals surface area contributed by atoms with E-state index in [1.165, 1.54) is 25.7 Å². The number of piperazine rings is 1. The fourth-order valence-corrected chi connectivity index (χ4v) is 2.96. The van der Waals surface area contributed by atoms with E-state index in [2.05, 4.69) is 27.2 Å². The average Bonchev–Trinajstić information content (AvgIpc) is 3.01. The highest BCUT2D eigenvalue weighted by molar-refractivity contribution is 5.93. The first-order chi connectivity index (χ1) is 10.2. The zero-order chi connectivity index (χ0) is 14.7. The summed E-state index contributed by atoms with van der Waals surface area (Å²) in [6, 6.07) is 0.490. The fraction of sp³-hybridized carbons (Fsp3) is 0.667. The van der Waals surface area contributed by atoms with E-state index in [1.54, 1.807) is 12.4 Å². The molecule has 1 aromatic rings. The smallest absolute Gasteiger partial charge is 0.257 e. The van der Waals surface area contributed by atoms with Gasteiger partial charge in [-0.1, -0.05) is 12.8 Å². The zero-order valence-corrected chi connectivity index (χ0v) is 12.6. The summed E-state index contributed by atoms with van der Waals surface area (Å²) in [4.78, 5) is 25.1. The van der Waals surface area contributed by atoms with Gasteiger partial charge in [0.25, 0.3) is 5.91 Å². The van der Waals surface area contributed by atoms with Gasteiger partial charge in [0.2, 0.25) is 5.95 Å². The molecule has 1 aromatic heterocycles. The van der Waals surface area contributed by atoms with E-state index in [9.17, 15) is 4.79 Å². The van der Waals surface area contributed by atoms with Crippen molar-refractivity contribution in [3.05, 3.63) is 18.0 Å². The van der Waals surface area contributed by atoms with E-state index in [0.29, 0.717) is 17.6 Å². The SMILES string of the molecule is CN1CCN(C(=O)c2cnc(NC3CCCC3)nc2)CC1. The monoisotopic (exact) mass is 289 g/mol. The van der Waals surface area contributed by atoms with Crippen LogP contribution < -0.4 is 5.32 Å². The molecule has 1 amide bonds. The van der Waals surface area contributed by atoms with Gasteiger partial charge in [0.15, 0.2) is 0 Å². The largest absolute Gasteiger partial charge is 0.351 e. The molecule has 114 valence electrons. The number of nitrogens with one attached hydrogen (secondary N) is 1. The number of hydrogen-bond donors (Lipinski definition) is 1. The van der Waals surface area contributed by atoms with Crippen molar-refractivity contribution in [2.24, 2.45) is 0 Å². The summed E-state index contributed by atoms with van der Waals surface area (Å²) in [6.07, 6.45) is 8.21. The molecule has 21 heavy (non-hydrogen) atoms. The summed E-state index contributed by atoms with van der Waals surface area (Å²) >= 11 is 0. The van der Waals surface area contributed by atoms with Crippen molar-refractivity contribution in [3.63, 3.8) is 0 Å². The molecule has 0 radical (unpaired) electrons. The van der Waals surface area contributed by atoms with E-state index < -0.39 is 0 Å². The van der Waals surface area contributed by atoms with Gasteiger partial charge in [0.1, 0.15) is 0 Å². The van der Waals surface area contributed by atoms with E-state index in [-0.39, 0.29) is 5.91 Å². The van der Waals surface area contributed by atoms with Crippen LogP contribution in [0.4, 0.5) is 5.95 Å². The van der Waals surface area contributed by atoms with Crippen molar-refractivity contribution in [3.8, 4) is 0 Å². The summed E-state index contributed by atoms with van der Waals surface area (Å²) in [6.45, 7) is 3.40. The number of amides is 1. The van der Waals surface area contributed by atoms with E-state index in [4.69, 9.17) is 0 Å². The van der Waals surface area contributed by atoms with Crippen LogP contribution in [-0.4, -0.2) is 64.9 Å². The van der Waals surface area contributed by atoms with E-state index in [0.717, 1.165) is 26.2 Å². The fourth-order valence-electron chi connectivity index (χ4n) is 2.96. The van der Waals surface area contributed by atoms with Crippen LogP contribution in [-0.2, 0) is 0 Å². The lowest BCUT2D eigenvalue weighted by Gasteiger charge is -2.32. The molecule has 3 rings (SSSR count). The molecule has 0 bridgehead atoms. The molecule has 6 nitrogen and oxygen atoms in total. The number of rotatable bonds is 3. The van der Waals surface area contributed by atoms with Crippen molar-refractivity contribution < 1.29 is 4.79 Å². The molecule has 2 heterocycles. The number of anilines is 1. The van der Waals surface area contributed by atoms with Gasteiger partial charge in [0.05, 0.1) is 5.56 Å². The number of hydrogen-bond acceptors (Lipinski definition) is 5. The quantitative estimate of drug-likeness (QED) is 0.906. The summed E-state index contributed by atoms with van der Waals surface area (Å²) in [5, 5.41) is 3.34. The van der Waals surface area contributed by atoms with Gasteiger partial charge < -0.3 is 15.1 Å². The van der Waals surface area contributed by atoms with Crippen molar-refractivity contribution in [2.75, 3.05) is 38.5 Å². The number of aromatic nitrogens is 2. The van der Waals surface area contributed by atoms with Crippen molar-refractivity contribution >= 4 is 11.9 Å². The summed E-state index contributed by atoms with van der Waals surface area (Å²) in [5.74, 6) is 0.673. The molecular weight excluding hydrogens is 266 g/mol. The predicted molar refractivity (Wildman–Crippen MR) is 81.3 cm³/mol. The van der Waals surface area contributed by atoms with Crippen LogP contribution in [0.5, 0.6) is 0 Å². The molecule has 0 unspecified atom stereocenters. The predicted octanol–water partition coefficient (Wildman–Crippen LogP) is 1.22. The van der Waals surface area contributed by atoms with Gasteiger partial charge in [-0.2, -0.15) is 0 Å². The second-order valence-corrected chi connectivity index (χ2v) is 6.02. The Balaban J connectivity index is 1.59. The van der Waals surface area contributed by atoms with Gasteiger partial charge in [-0.05, 0) is 19.9 Å². The second kappa shape index (κ2) is 6.39. The van der Waals surface area contributed by atoms with E-state index in [1.807, 2.05) is 4.90 Å². The molecule has 1 N–H and O–H groups in total. The molecule has 2 fully saturated rings. The number of carbonyl (C=O) groups excluding carboxylic acids is 1. The highest BCUT2D eigenvalue weighted by Gasteiger charge is 2.21. The van der Waals surface area contributed by atoms with Gasteiger partial charge in [0, 0.05) is 44.6 Å². The molecule has 1 saturated carbocycles.